The van der Waals surface area contributed by atoms with Gasteiger partial charge in [-0.1, -0.05) is 30.3 Å². The molecule has 1 amide bonds. The van der Waals surface area contributed by atoms with E-state index in [9.17, 15) is 18.0 Å². The van der Waals surface area contributed by atoms with Gasteiger partial charge in [0.25, 0.3) is 10.0 Å². The fraction of sp³-hybridized carbons (Fsp3) is 0.200. The average molecular weight is 478 g/mol. The smallest absolute Gasteiger partial charge is 0.306 e. The summed E-state index contributed by atoms with van der Waals surface area (Å²) in [5.41, 5.74) is 11.7. The monoisotopic (exact) mass is 477 g/mol. The van der Waals surface area contributed by atoms with E-state index >= 15 is 0 Å². The Morgan fingerprint density at radius 2 is 1.66 bits per heavy atom. The van der Waals surface area contributed by atoms with Crippen LogP contribution < -0.4 is 22.1 Å². The zero-order valence-electron chi connectivity index (χ0n) is 17.0. The van der Waals surface area contributed by atoms with Gasteiger partial charge in [-0.2, -0.15) is 8.42 Å². The number of nitrogens with one attached hydrogen (secondary N) is 2. The Hall–Kier alpha value is -3.51. The number of ether oxygens (including phenoxy) is 1. The molecule has 0 aliphatic rings. The Morgan fingerprint density at radius 3 is 2.28 bits per heavy atom. The van der Waals surface area contributed by atoms with E-state index in [1.54, 1.807) is 0 Å². The van der Waals surface area contributed by atoms with Gasteiger partial charge in [0.1, 0.15) is 0 Å². The largest absolute Gasteiger partial charge is 0.465 e. The van der Waals surface area contributed by atoms with Crippen molar-refractivity contribution in [3.63, 3.8) is 0 Å². The normalized spacial score (nSPS) is 10.6. The van der Waals surface area contributed by atoms with Gasteiger partial charge in [-0.05, 0) is 42.0 Å². The number of carbonyl (C=O) groups is 2. The van der Waals surface area contributed by atoms with Crippen LogP contribution in [0.3, 0.4) is 0 Å². The number of rotatable bonds is 9. The molecule has 0 unspecified atom stereocenters. The molecule has 2 rings (SSSR count). The maximum absolute atomic E-state index is 12.0. The second-order valence-corrected chi connectivity index (χ2v) is 8.49. The number of esters is 1. The standard InChI is InChI=1S/C20H23N5O5S2/c21-19(22)25-32(28,29)16-8-6-15(7-9-16)23-20(31)24-17(26)10-11-18(27)30-13-12-14-4-2-1-3-5-14/h1-9H,10-13H2,(H4,21,22,25)(H2,23,24,26,31). The highest BCUT2D eigenvalue weighted by Crippen LogP contribution is 2.16. The minimum Gasteiger partial charge on any atom is -0.465 e. The van der Waals surface area contributed by atoms with Crippen LogP contribution in [-0.2, 0) is 30.8 Å². The van der Waals surface area contributed by atoms with Crippen molar-refractivity contribution in [2.75, 3.05) is 11.9 Å². The average Bonchev–Trinajstić information content (AvgIpc) is 2.72. The van der Waals surface area contributed by atoms with E-state index in [-0.39, 0.29) is 29.5 Å². The molecule has 2 aromatic carbocycles. The minimum atomic E-state index is -4.00. The fourth-order valence-electron chi connectivity index (χ4n) is 2.47. The second kappa shape index (κ2) is 11.8. The number of anilines is 1. The van der Waals surface area contributed by atoms with Crippen LogP contribution in [0.5, 0.6) is 0 Å². The van der Waals surface area contributed by atoms with Crippen LogP contribution in [-0.4, -0.2) is 38.0 Å². The lowest BCUT2D eigenvalue weighted by Gasteiger charge is -2.10. The Bertz CT molecular complexity index is 1080. The summed E-state index contributed by atoms with van der Waals surface area (Å²) >= 11 is 5.05. The molecule has 12 heteroatoms. The molecule has 32 heavy (non-hydrogen) atoms. The molecule has 0 atom stereocenters. The van der Waals surface area contributed by atoms with Gasteiger partial charge in [0.15, 0.2) is 5.11 Å². The molecule has 0 saturated heterocycles. The van der Waals surface area contributed by atoms with Crippen LogP contribution in [0.2, 0.25) is 0 Å². The molecule has 0 saturated carbocycles. The van der Waals surface area contributed by atoms with Crippen LogP contribution in [0.4, 0.5) is 5.69 Å². The van der Waals surface area contributed by atoms with E-state index in [2.05, 4.69) is 15.0 Å². The number of hydrogen-bond acceptors (Lipinski definition) is 6. The van der Waals surface area contributed by atoms with Crippen molar-refractivity contribution in [2.24, 2.45) is 15.9 Å². The van der Waals surface area contributed by atoms with E-state index < -0.39 is 27.9 Å². The van der Waals surface area contributed by atoms with Crippen LogP contribution >= 0.6 is 12.2 Å². The summed E-state index contributed by atoms with van der Waals surface area (Å²) in [6.07, 6.45) is 0.418. The SMILES string of the molecule is NC(N)=NS(=O)(=O)c1ccc(NC(=S)NC(=O)CCC(=O)OCCc2ccccc2)cc1. The fourth-order valence-corrected chi connectivity index (χ4v) is 3.56. The summed E-state index contributed by atoms with van der Waals surface area (Å²) in [6.45, 7) is 0.235. The van der Waals surface area contributed by atoms with Gasteiger partial charge < -0.3 is 26.8 Å². The second-order valence-electron chi connectivity index (χ2n) is 6.47. The number of nitrogens with zero attached hydrogens (tertiary/aromatic N) is 1. The molecule has 10 nitrogen and oxygen atoms in total. The highest BCUT2D eigenvalue weighted by Gasteiger charge is 2.13. The molecule has 170 valence electrons. The van der Waals surface area contributed by atoms with Crippen molar-refractivity contribution >= 4 is 50.9 Å². The third-order valence-electron chi connectivity index (χ3n) is 3.94. The molecule has 0 fully saturated rings. The first-order valence-electron chi connectivity index (χ1n) is 9.42. The van der Waals surface area contributed by atoms with Crippen molar-refractivity contribution in [3.8, 4) is 0 Å². The number of amides is 1. The summed E-state index contributed by atoms with van der Waals surface area (Å²) in [6, 6.07) is 15.0. The van der Waals surface area contributed by atoms with Gasteiger partial charge in [0.05, 0.1) is 17.9 Å². The minimum absolute atomic E-state index is 0.00715. The van der Waals surface area contributed by atoms with Crippen LogP contribution in [0, 0.1) is 0 Å². The third kappa shape index (κ3) is 8.70. The first-order chi connectivity index (χ1) is 15.2. The summed E-state index contributed by atoms with van der Waals surface area (Å²) in [5, 5.41) is 5.17. The molecule has 6 N–H and O–H groups in total. The Labute approximate surface area is 191 Å². The molecule has 2 aromatic rings. The number of benzene rings is 2. The maximum atomic E-state index is 12.0. The predicted octanol–water partition coefficient (Wildman–Crippen LogP) is 1.03. The van der Waals surface area contributed by atoms with Gasteiger partial charge in [0.2, 0.25) is 11.9 Å². The zero-order chi connectivity index (χ0) is 23.6. The molecular weight excluding hydrogens is 454 g/mol. The number of sulfonamides is 1. The van der Waals surface area contributed by atoms with Crippen LogP contribution in [0.15, 0.2) is 63.9 Å². The van der Waals surface area contributed by atoms with Gasteiger partial charge in [-0.15, -0.1) is 4.40 Å². The number of carbonyl (C=O) groups excluding carboxylic acids is 2. The Balaban J connectivity index is 1.72. The molecule has 0 aromatic heterocycles. The van der Waals surface area contributed by atoms with Gasteiger partial charge in [-0.3, -0.25) is 9.59 Å². The van der Waals surface area contributed by atoms with Crippen molar-refractivity contribution in [1.29, 1.82) is 0 Å². The Kier molecular flexibility index (Phi) is 9.10. The van der Waals surface area contributed by atoms with Gasteiger partial charge in [-0.25, -0.2) is 0 Å². The summed E-state index contributed by atoms with van der Waals surface area (Å²) in [7, 11) is -4.00. The quantitative estimate of drug-likeness (QED) is 0.178. The lowest BCUT2D eigenvalue weighted by atomic mass is 10.2. The first-order valence-corrected chi connectivity index (χ1v) is 11.3. The van der Waals surface area contributed by atoms with Crippen LogP contribution in [0.1, 0.15) is 18.4 Å². The molecular formula is C20H23N5O5S2. The zero-order valence-corrected chi connectivity index (χ0v) is 18.6. The molecule has 0 aliphatic heterocycles. The number of thiocarbonyl (C=S) groups is 1. The number of guanidine groups is 1. The van der Waals surface area contributed by atoms with Gasteiger partial charge >= 0.3 is 5.97 Å². The summed E-state index contributed by atoms with van der Waals surface area (Å²) < 4.78 is 32.1. The summed E-state index contributed by atoms with van der Waals surface area (Å²) in [5.74, 6) is -1.52. The third-order valence-corrected chi connectivity index (χ3v) is 5.46. The molecule has 0 heterocycles. The summed E-state index contributed by atoms with van der Waals surface area (Å²) in [4.78, 5) is 23.6. The molecule has 0 spiro atoms. The first kappa shape index (κ1) is 24.8. The number of hydrogen-bond donors (Lipinski definition) is 4. The van der Waals surface area contributed by atoms with E-state index in [1.807, 2.05) is 30.3 Å². The topological polar surface area (TPSA) is 166 Å². The lowest BCUT2D eigenvalue weighted by Crippen LogP contribution is -2.34. The number of nitrogens with two attached hydrogens (primary N) is 2. The predicted molar refractivity (Wildman–Crippen MR) is 124 cm³/mol. The van der Waals surface area contributed by atoms with Gasteiger partial charge in [0, 0.05) is 18.5 Å². The van der Waals surface area contributed by atoms with E-state index in [0.717, 1.165) is 5.56 Å². The highest BCUT2D eigenvalue weighted by molar-refractivity contribution is 7.90. The lowest BCUT2D eigenvalue weighted by molar-refractivity contribution is -0.144. The van der Waals surface area contributed by atoms with Crippen molar-refractivity contribution < 1.29 is 22.7 Å². The van der Waals surface area contributed by atoms with Crippen molar-refractivity contribution in [3.05, 3.63) is 60.2 Å². The molecule has 0 aliphatic carbocycles. The molecule has 0 radical (unpaired) electrons. The van der Waals surface area contributed by atoms with Crippen molar-refractivity contribution in [1.82, 2.24) is 5.32 Å². The van der Waals surface area contributed by atoms with E-state index in [1.165, 1.54) is 24.3 Å². The Morgan fingerprint density at radius 1 is 1.00 bits per heavy atom. The van der Waals surface area contributed by atoms with Crippen LogP contribution in [0.25, 0.3) is 0 Å². The van der Waals surface area contributed by atoms with E-state index in [4.69, 9.17) is 28.4 Å². The maximum Gasteiger partial charge on any atom is 0.306 e. The molecule has 0 bridgehead atoms. The van der Waals surface area contributed by atoms with Crippen molar-refractivity contribution in [2.45, 2.75) is 24.2 Å². The highest BCUT2D eigenvalue weighted by atomic mass is 32.2. The van der Waals surface area contributed by atoms with E-state index in [0.29, 0.717) is 12.1 Å².